The van der Waals surface area contributed by atoms with Crippen LogP contribution in [0.3, 0.4) is 0 Å². The third kappa shape index (κ3) is 9.03. The Labute approximate surface area is 367 Å². The van der Waals surface area contributed by atoms with Crippen LogP contribution >= 0.6 is 0 Å². The highest BCUT2D eigenvalue weighted by molar-refractivity contribution is 6.39. The van der Waals surface area contributed by atoms with Crippen LogP contribution in [0.1, 0.15) is 88.2 Å². The number of nitrogens with zero attached hydrogens (tertiary/aromatic N) is 8. The molecular weight excluding hydrogens is 776 g/mol. The molecule has 14 nitrogen and oxygen atoms in total. The van der Waals surface area contributed by atoms with Crippen LogP contribution in [-0.4, -0.2) is 123 Å². The summed E-state index contributed by atoms with van der Waals surface area (Å²) in [5.74, 6) is 0.629. The minimum absolute atomic E-state index is 0.0178. The predicted octanol–water partition coefficient (Wildman–Crippen LogP) is 5.80. The van der Waals surface area contributed by atoms with Gasteiger partial charge in [-0.15, -0.1) is 10.2 Å². The van der Waals surface area contributed by atoms with Gasteiger partial charge in [-0.25, -0.2) is 4.98 Å². The minimum atomic E-state index is -1.35. The van der Waals surface area contributed by atoms with E-state index in [1.165, 1.54) is 25.9 Å². The van der Waals surface area contributed by atoms with Crippen molar-refractivity contribution in [2.45, 2.75) is 63.9 Å². The maximum atomic E-state index is 12.9. The molecule has 3 N–H and O–H groups in total. The lowest BCUT2D eigenvalue weighted by Crippen LogP contribution is -2.60. The van der Waals surface area contributed by atoms with E-state index in [9.17, 15) is 14.4 Å². The highest BCUT2D eigenvalue weighted by Gasteiger charge is 2.42. The van der Waals surface area contributed by atoms with E-state index in [0.717, 1.165) is 69.6 Å². The van der Waals surface area contributed by atoms with Crippen LogP contribution in [-0.2, 0) is 10.1 Å². The second-order valence-corrected chi connectivity index (χ2v) is 16.7. The highest BCUT2D eigenvalue weighted by Crippen LogP contribution is 2.51. The van der Waals surface area contributed by atoms with Gasteiger partial charge in [-0.05, 0) is 118 Å². The molecular formula is C46H55B2N11O3. The standard InChI is InChI=1S/C37H38B2N10O2.C5H11N.C4H6O/c1-20-9-7-10-21(2)32(20)23-13-26-27-16-42-49(25-17-48(18-25)37(38,39)30-12-8-11-24(19-50)43-30)34(27)22(3)47(6)35(26)29(14-23)44-28-15-31(40-4)45-46-33(28)36(51)41-5;1-6-4-2-3-5-6;5-3-4-1-2-4/h7-16,19,22,25H,17-18H2,1-6H3,(H,41,51)(H2,40,44,45);2-5H2,1H3;3-4H,1-2H2. The summed E-state index contributed by atoms with van der Waals surface area (Å²) in [6.07, 6.45) is 8.76. The number of anilines is 4. The Bertz CT molecular complexity index is 2420. The molecule has 5 aromatic rings. The molecule has 2 saturated heterocycles. The molecule has 318 valence electrons. The number of carbonyl (C=O) groups excluding carboxylic acids is 3. The zero-order valence-electron chi connectivity index (χ0n) is 36.8. The number of amides is 1. The molecule has 3 aliphatic heterocycles. The maximum Gasteiger partial charge on any atom is 0.273 e. The lowest BCUT2D eigenvalue weighted by molar-refractivity contribution is -0.108. The average molecular weight is 832 g/mol. The van der Waals surface area contributed by atoms with Gasteiger partial charge in [0.2, 0.25) is 0 Å². The van der Waals surface area contributed by atoms with Gasteiger partial charge in [-0.3, -0.25) is 14.3 Å². The number of aryl methyl sites for hydroxylation is 2. The van der Waals surface area contributed by atoms with Crippen LogP contribution in [0, 0.1) is 19.8 Å². The molecule has 1 amide bonds. The number of nitrogens with one attached hydrogen (secondary N) is 3. The highest BCUT2D eigenvalue weighted by atomic mass is 16.2. The van der Waals surface area contributed by atoms with Crippen LogP contribution in [0.5, 0.6) is 0 Å². The number of aldehydes is 2. The summed E-state index contributed by atoms with van der Waals surface area (Å²) in [7, 11) is 20.8. The van der Waals surface area contributed by atoms with Crippen LogP contribution in [0.4, 0.5) is 22.9 Å². The first-order valence-corrected chi connectivity index (χ1v) is 21.3. The topological polar surface area (TPSA) is 154 Å². The molecule has 0 bridgehead atoms. The molecule has 3 aromatic heterocycles. The van der Waals surface area contributed by atoms with Crippen molar-refractivity contribution in [3.05, 3.63) is 94.7 Å². The van der Waals surface area contributed by atoms with Crippen molar-refractivity contribution in [1.82, 2.24) is 40.1 Å². The van der Waals surface area contributed by atoms with E-state index < -0.39 is 5.34 Å². The number of benzene rings is 2. The first-order valence-electron chi connectivity index (χ1n) is 21.3. The molecule has 1 aliphatic carbocycles. The fourth-order valence-electron chi connectivity index (χ4n) is 8.36. The summed E-state index contributed by atoms with van der Waals surface area (Å²) in [5.41, 5.74) is 10.8. The van der Waals surface area contributed by atoms with Gasteiger partial charge in [-0.2, -0.15) is 5.10 Å². The van der Waals surface area contributed by atoms with Gasteiger partial charge in [0.05, 0.1) is 56.7 Å². The molecule has 6 heterocycles. The first kappa shape index (κ1) is 44.2. The molecule has 3 fully saturated rings. The number of pyridine rings is 1. The Morgan fingerprint density at radius 1 is 0.903 bits per heavy atom. The zero-order valence-corrected chi connectivity index (χ0v) is 36.8. The maximum absolute atomic E-state index is 12.9. The van der Waals surface area contributed by atoms with Crippen LogP contribution < -0.4 is 20.9 Å². The van der Waals surface area contributed by atoms with Crippen molar-refractivity contribution >= 4 is 57.1 Å². The van der Waals surface area contributed by atoms with E-state index in [4.69, 9.17) is 20.8 Å². The summed E-state index contributed by atoms with van der Waals surface area (Å²) in [6, 6.07) is 17.5. The Balaban J connectivity index is 0.000000457. The van der Waals surface area contributed by atoms with Crippen molar-refractivity contribution < 1.29 is 14.4 Å². The van der Waals surface area contributed by atoms with Crippen molar-refractivity contribution in [3.8, 4) is 22.3 Å². The van der Waals surface area contributed by atoms with Gasteiger partial charge in [0.25, 0.3) is 5.91 Å². The van der Waals surface area contributed by atoms with Gasteiger partial charge >= 0.3 is 0 Å². The summed E-state index contributed by atoms with van der Waals surface area (Å²) >= 11 is 0. The van der Waals surface area contributed by atoms with Crippen molar-refractivity contribution in [1.29, 1.82) is 0 Å². The van der Waals surface area contributed by atoms with E-state index in [1.54, 1.807) is 38.4 Å². The zero-order chi connectivity index (χ0) is 44.3. The van der Waals surface area contributed by atoms with Crippen molar-refractivity contribution in [3.63, 3.8) is 0 Å². The third-order valence-corrected chi connectivity index (χ3v) is 12.3. The molecule has 4 aliphatic rings. The van der Waals surface area contributed by atoms with Gasteiger partial charge in [0, 0.05) is 63.0 Å². The SMILES string of the molecule is CN1CCCC1.O=CC1CC1.[B]C([B])(c1cccc(C=O)n1)N1CC(n2ncc3c2C(C)N(C)c2c(Nc4cc(NC)nnc4C(=O)NC)cc(-c4c(C)cccc4C)cc2-3)C1. The molecule has 0 spiro atoms. The monoisotopic (exact) mass is 831 g/mol. The van der Waals surface area contributed by atoms with E-state index in [1.807, 2.05) is 11.1 Å². The number of rotatable bonds is 10. The molecule has 62 heavy (non-hydrogen) atoms. The molecule has 1 saturated carbocycles. The minimum Gasteiger partial charge on any atom is -0.372 e. The Morgan fingerprint density at radius 2 is 1.60 bits per heavy atom. The third-order valence-electron chi connectivity index (χ3n) is 12.3. The van der Waals surface area contributed by atoms with Gasteiger partial charge in [0.15, 0.2) is 17.8 Å². The van der Waals surface area contributed by atoms with E-state index in [0.29, 0.717) is 42.5 Å². The van der Waals surface area contributed by atoms with Gasteiger partial charge in [0.1, 0.15) is 12.0 Å². The van der Waals surface area contributed by atoms with E-state index in [-0.39, 0.29) is 29.4 Å². The molecule has 16 heteroatoms. The molecule has 1 unspecified atom stereocenters. The number of fused-ring (bicyclic) bond motifs is 3. The largest absolute Gasteiger partial charge is 0.372 e. The molecule has 2 aromatic carbocycles. The van der Waals surface area contributed by atoms with E-state index in [2.05, 4.69) is 111 Å². The average Bonchev–Trinajstić information content (AvgIpc) is 3.82. The van der Waals surface area contributed by atoms with Crippen molar-refractivity contribution in [2.24, 2.45) is 5.92 Å². The van der Waals surface area contributed by atoms with Crippen molar-refractivity contribution in [2.75, 3.05) is 69.9 Å². The first-order chi connectivity index (χ1) is 29.8. The summed E-state index contributed by atoms with van der Waals surface area (Å²) in [5, 5.41) is 21.3. The smallest absolute Gasteiger partial charge is 0.273 e. The summed E-state index contributed by atoms with van der Waals surface area (Å²) in [6.45, 7) is 10.1. The van der Waals surface area contributed by atoms with Crippen LogP contribution in [0.2, 0.25) is 0 Å². The molecule has 9 rings (SSSR count). The predicted molar refractivity (Wildman–Crippen MR) is 247 cm³/mol. The normalized spacial score (nSPS) is 17.3. The number of aromatic nitrogens is 5. The Hall–Kier alpha value is -5.86. The number of hydrogen-bond acceptors (Lipinski definition) is 12. The second-order valence-electron chi connectivity index (χ2n) is 16.7. The Morgan fingerprint density at radius 3 is 2.18 bits per heavy atom. The number of likely N-dealkylation sites (tertiary alicyclic amines) is 2. The molecule has 1 atom stereocenters. The molecule has 4 radical (unpaired) electrons. The number of hydrogen-bond donors (Lipinski definition) is 3. The lowest BCUT2D eigenvalue weighted by Gasteiger charge is -2.50. The van der Waals surface area contributed by atoms with Crippen LogP contribution in [0.25, 0.3) is 22.3 Å². The quantitative estimate of drug-likeness (QED) is 0.115. The van der Waals surface area contributed by atoms with Gasteiger partial charge in [-0.1, -0.05) is 24.3 Å². The Kier molecular flexibility index (Phi) is 13.3. The fraction of sp³-hybridized carbons (Fsp3) is 0.413. The fourth-order valence-corrected chi connectivity index (χ4v) is 8.36. The number of carbonyl (C=O) groups is 3. The summed E-state index contributed by atoms with van der Waals surface area (Å²) in [4.78, 5) is 44.8. The van der Waals surface area contributed by atoms with E-state index >= 15 is 0 Å². The lowest BCUT2D eigenvalue weighted by atomic mass is 9.57. The van der Waals surface area contributed by atoms with Gasteiger partial charge < -0.3 is 35.4 Å². The van der Waals surface area contributed by atoms with Crippen LogP contribution in [0.15, 0.2) is 60.8 Å². The second kappa shape index (κ2) is 18.6. The summed E-state index contributed by atoms with van der Waals surface area (Å²) < 4.78 is 2.09.